The Kier molecular flexibility index (Phi) is 2.95. The summed E-state index contributed by atoms with van der Waals surface area (Å²) in [6.07, 6.45) is 1.06. The van der Waals surface area contributed by atoms with Crippen LogP contribution in [0.3, 0.4) is 0 Å². The van der Waals surface area contributed by atoms with Crippen LogP contribution in [0.15, 0.2) is 17.0 Å². The molecule has 0 fully saturated rings. The normalized spacial score (nSPS) is 16.8. The number of rotatable bonds is 2. The van der Waals surface area contributed by atoms with E-state index in [0.717, 1.165) is 22.8 Å². The van der Waals surface area contributed by atoms with Gasteiger partial charge in [-0.05, 0) is 24.5 Å². The van der Waals surface area contributed by atoms with Gasteiger partial charge in [0.2, 0.25) is 5.91 Å². The number of thioether (sulfide) groups is 1. The van der Waals surface area contributed by atoms with Crippen molar-refractivity contribution in [3.05, 3.63) is 17.8 Å². The van der Waals surface area contributed by atoms with Crippen molar-refractivity contribution in [3.63, 3.8) is 0 Å². The Morgan fingerprint density at radius 3 is 3.13 bits per heavy atom. The zero-order valence-electron chi connectivity index (χ0n) is 8.91. The molecule has 2 rings (SSSR count). The topological polar surface area (TPSA) is 42.0 Å². The Morgan fingerprint density at radius 2 is 2.40 bits per heavy atom. The first-order valence-corrected chi connectivity index (χ1v) is 6.13. The van der Waals surface area contributed by atoms with Crippen molar-refractivity contribution >= 4 is 23.5 Å². The second kappa shape index (κ2) is 4.23. The highest BCUT2D eigenvalue weighted by Gasteiger charge is 2.17. The maximum Gasteiger partial charge on any atom is 0.235 e. The molecule has 0 saturated carbocycles. The third kappa shape index (κ3) is 2.15. The average Bonchev–Trinajstić information content (AvgIpc) is 2.27. The summed E-state index contributed by atoms with van der Waals surface area (Å²) in [5, 5.41) is 2.81. The summed E-state index contributed by atoms with van der Waals surface area (Å²) in [4.78, 5) is 16.8. The van der Waals surface area contributed by atoms with E-state index in [0.29, 0.717) is 11.7 Å². The molecular formula is C11H14N2OS. The maximum atomic E-state index is 11.2. The molecule has 1 aromatic heterocycles. The lowest BCUT2D eigenvalue weighted by molar-refractivity contribution is -0.113. The Bertz CT molecular complexity index is 392. The average molecular weight is 222 g/mol. The Labute approximate surface area is 93.7 Å². The van der Waals surface area contributed by atoms with Crippen LogP contribution in [0.4, 0.5) is 5.82 Å². The third-order valence-corrected chi connectivity index (χ3v) is 3.66. The van der Waals surface area contributed by atoms with E-state index in [-0.39, 0.29) is 5.91 Å². The molecule has 0 aliphatic carbocycles. The van der Waals surface area contributed by atoms with Crippen LogP contribution in [0.1, 0.15) is 31.9 Å². The lowest BCUT2D eigenvalue weighted by atomic mass is 10.0. The molecule has 1 aromatic rings. The summed E-state index contributed by atoms with van der Waals surface area (Å²) in [5.41, 5.74) is 1.05. The fourth-order valence-electron chi connectivity index (χ4n) is 1.46. The smallest absolute Gasteiger partial charge is 0.235 e. The fraction of sp³-hybridized carbons (Fsp3) is 0.455. The number of carbonyl (C=O) groups is 1. The number of aromatic nitrogens is 1. The van der Waals surface area contributed by atoms with Crippen molar-refractivity contribution in [1.82, 2.24) is 4.98 Å². The first-order valence-electron chi connectivity index (χ1n) is 5.14. The van der Waals surface area contributed by atoms with Gasteiger partial charge in [-0.25, -0.2) is 4.98 Å². The standard InChI is InChI=1S/C11H14N2OS/c1-3-7(2)8-4-5-9-11(12-8)13-10(14)6-15-9/h4-5,7H,3,6H2,1-2H3,(H,12,13,14). The second-order valence-electron chi connectivity index (χ2n) is 3.73. The minimum atomic E-state index is 0.0429. The minimum absolute atomic E-state index is 0.0429. The Morgan fingerprint density at radius 1 is 1.60 bits per heavy atom. The highest BCUT2D eigenvalue weighted by atomic mass is 32.2. The number of carbonyl (C=O) groups excluding carboxylic acids is 1. The van der Waals surface area contributed by atoms with Crippen molar-refractivity contribution in [2.75, 3.05) is 11.1 Å². The van der Waals surface area contributed by atoms with E-state index in [2.05, 4.69) is 30.2 Å². The highest BCUT2D eigenvalue weighted by Crippen LogP contribution is 2.31. The fourth-order valence-corrected chi connectivity index (χ4v) is 2.22. The van der Waals surface area contributed by atoms with Gasteiger partial charge in [-0.15, -0.1) is 11.8 Å². The van der Waals surface area contributed by atoms with Crippen molar-refractivity contribution in [2.45, 2.75) is 31.1 Å². The lowest BCUT2D eigenvalue weighted by Gasteiger charge is -2.17. The number of fused-ring (bicyclic) bond motifs is 1. The van der Waals surface area contributed by atoms with Crippen molar-refractivity contribution in [3.8, 4) is 0 Å². The van der Waals surface area contributed by atoms with Crippen LogP contribution in [-0.4, -0.2) is 16.6 Å². The first-order chi connectivity index (χ1) is 7.20. The van der Waals surface area contributed by atoms with E-state index in [4.69, 9.17) is 0 Å². The van der Waals surface area contributed by atoms with Gasteiger partial charge in [0.25, 0.3) is 0 Å². The van der Waals surface area contributed by atoms with Gasteiger partial charge in [0.1, 0.15) is 5.82 Å². The molecule has 1 amide bonds. The summed E-state index contributed by atoms with van der Waals surface area (Å²) in [6, 6.07) is 4.10. The van der Waals surface area contributed by atoms with E-state index in [9.17, 15) is 4.79 Å². The number of nitrogens with zero attached hydrogens (tertiary/aromatic N) is 1. The molecule has 3 nitrogen and oxygen atoms in total. The molecule has 0 radical (unpaired) electrons. The molecule has 1 atom stereocenters. The van der Waals surface area contributed by atoms with Gasteiger partial charge in [-0.1, -0.05) is 13.8 Å². The molecule has 1 aliphatic heterocycles. The summed E-state index contributed by atoms with van der Waals surface area (Å²) < 4.78 is 0. The molecule has 1 N–H and O–H groups in total. The number of hydrogen-bond acceptors (Lipinski definition) is 3. The van der Waals surface area contributed by atoms with Crippen LogP contribution in [0.5, 0.6) is 0 Å². The summed E-state index contributed by atoms with van der Waals surface area (Å²) in [5.74, 6) is 1.71. The molecule has 1 unspecified atom stereocenters. The van der Waals surface area contributed by atoms with Gasteiger partial charge >= 0.3 is 0 Å². The van der Waals surface area contributed by atoms with Crippen molar-refractivity contribution < 1.29 is 4.79 Å². The number of nitrogens with one attached hydrogen (secondary N) is 1. The number of amides is 1. The van der Waals surface area contributed by atoms with Gasteiger partial charge in [-0.3, -0.25) is 4.79 Å². The molecule has 0 bridgehead atoms. The summed E-state index contributed by atoms with van der Waals surface area (Å²) in [6.45, 7) is 4.28. The van der Waals surface area contributed by atoms with Crippen LogP contribution >= 0.6 is 11.8 Å². The molecule has 80 valence electrons. The largest absolute Gasteiger partial charge is 0.309 e. The van der Waals surface area contributed by atoms with Gasteiger partial charge in [0.05, 0.1) is 10.6 Å². The van der Waals surface area contributed by atoms with E-state index in [1.807, 2.05) is 6.07 Å². The summed E-state index contributed by atoms with van der Waals surface area (Å²) >= 11 is 1.55. The molecule has 4 heteroatoms. The van der Waals surface area contributed by atoms with Gasteiger partial charge in [0, 0.05) is 5.69 Å². The van der Waals surface area contributed by atoms with E-state index >= 15 is 0 Å². The SMILES string of the molecule is CCC(C)c1ccc2c(n1)NC(=O)CS2. The minimum Gasteiger partial charge on any atom is -0.309 e. The van der Waals surface area contributed by atoms with E-state index < -0.39 is 0 Å². The monoisotopic (exact) mass is 222 g/mol. The van der Waals surface area contributed by atoms with E-state index in [1.165, 1.54) is 0 Å². The van der Waals surface area contributed by atoms with Gasteiger partial charge in [0.15, 0.2) is 0 Å². The lowest BCUT2D eigenvalue weighted by Crippen LogP contribution is -2.20. The zero-order chi connectivity index (χ0) is 10.8. The first kappa shape index (κ1) is 10.5. The molecule has 0 aromatic carbocycles. The molecular weight excluding hydrogens is 208 g/mol. The van der Waals surface area contributed by atoms with Crippen LogP contribution < -0.4 is 5.32 Å². The molecule has 15 heavy (non-hydrogen) atoms. The number of anilines is 1. The quantitative estimate of drug-likeness (QED) is 0.836. The van der Waals surface area contributed by atoms with E-state index in [1.54, 1.807) is 11.8 Å². The van der Waals surface area contributed by atoms with Gasteiger partial charge < -0.3 is 5.32 Å². The van der Waals surface area contributed by atoms with Crippen molar-refractivity contribution in [2.24, 2.45) is 0 Å². The number of hydrogen-bond donors (Lipinski definition) is 1. The maximum absolute atomic E-state index is 11.2. The zero-order valence-corrected chi connectivity index (χ0v) is 9.73. The van der Waals surface area contributed by atoms with Crippen LogP contribution in [-0.2, 0) is 4.79 Å². The highest BCUT2D eigenvalue weighted by molar-refractivity contribution is 8.00. The molecule has 1 aliphatic rings. The second-order valence-corrected chi connectivity index (χ2v) is 4.75. The van der Waals surface area contributed by atoms with Crippen LogP contribution in [0.25, 0.3) is 0 Å². The van der Waals surface area contributed by atoms with Crippen LogP contribution in [0.2, 0.25) is 0 Å². The van der Waals surface area contributed by atoms with Crippen molar-refractivity contribution in [1.29, 1.82) is 0 Å². The predicted octanol–water partition coefficient (Wildman–Crippen LogP) is 2.64. The molecule has 0 spiro atoms. The number of pyridine rings is 1. The molecule has 0 saturated heterocycles. The van der Waals surface area contributed by atoms with Crippen LogP contribution in [0, 0.1) is 0 Å². The van der Waals surface area contributed by atoms with Gasteiger partial charge in [-0.2, -0.15) is 0 Å². The Hall–Kier alpha value is -1.03. The predicted molar refractivity (Wildman–Crippen MR) is 62.3 cm³/mol. The molecule has 2 heterocycles. The Balaban J connectivity index is 2.32. The summed E-state index contributed by atoms with van der Waals surface area (Å²) in [7, 11) is 0. The third-order valence-electron chi connectivity index (χ3n) is 2.61.